The van der Waals surface area contributed by atoms with E-state index < -0.39 is 0 Å². The van der Waals surface area contributed by atoms with Crippen LogP contribution in [-0.2, 0) is 6.42 Å². The van der Waals surface area contributed by atoms with Gasteiger partial charge >= 0.3 is 0 Å². The van der Waals surface area contributed by atoms with E-state index in [0.717, 1.165) is 6.54 Å². The van der Waals surface area contributed by atoms with Gasteiger partial charge in [0.05, 0.1) is 0 Å². The highest BCUT2D eigenvalue weighted by Crippen LogP contribution is 2.29. The van der Waals surface area contributed by atoms with E-state index in [1.807, 2.05) is 0 Å². The van der Waals surface area contributed by atoms with E-state index in [0.29, 0.717) is 5.92 Å². The summed E-state index contributed by atoms with van der Waals surface area (Å²) >= 11 is 0. The fourth-order valence-corrected chi connectivity index (χ4v) is 2.08. The van der Waals surface area contributed by atoms with E-state index in [1.54, 1.807) is 5.56 Å². The summed E-state index contributed by atoms with van der Waals surface area (Å²) < 4.78 is 0. The third-order valence-electron chi connectivity index (χ3n) is 2.75. The summed E-state index contributed by atoms with van der Waals surface area (Å²) in [7, 11) is 0. The molecule has 0 spiro atoms. The molecule has 0 fully saturated rings. The highest BCUT2D eigenvalue weighted by atomic mass is 35.5. The Labute approximate surface area is 92.3 Å². The van der Waals surface area contributed by atoms with E-state index in [2.05, 4.69) is 37.4 Å². The molecular weight excluding hydrogens is 194 g/mol. The Balaban J connectivity index is 0.000000980. The van der Waals surface area contributed by atoms with Gasteiger partial charge in [0, 0.05) is 12.2 Å². The second-order valence-corrected chi connectivity index (χ2v) is 4.06. The smallest absolute Gasteiger partial charge is 0.0375 e. The summed E-state index contributed by atoms with van der Waals surface area (Å²) in [6.07, 6.45) is 2.52. The van der Waals surface area contributed by atoms with Gasteiger partial charge in [-0.3, -0.25) is 0 Å². The first-order valence-corrected chi connectivity index (χ1v) is 5.14. The molecule has 0 unspecified atom stereocenters. The van der Waals surface area contributed by atoms with Crippen LogP contribution in [0, 0.1) is 0 Å². The molecule has 2 rings (SSSR count). The predicted octanol–water partition coefficient (Wildman–Crippen LogP) is 3.59. The number of halogens is 1. The summed E-state index contributed by atoms with van der Waals surface area (Å²) in [4.78, 5) is 0. The lowest BCUT2D eigenvalue weighted by Gasteiger charge is -2.22. The van der Waals surface area contributed by atoms with Gasteiger partial charge in [0.1, 0.15) is 0 Å². The SMILES string of the molecule is CC(C)c1cccc2c1CCCN2.Cl. The molecule has 0 atom stereocenters. The minimum atomic E-state index is 0. The Bertz CT molecular complexity index is 307. The van der Waals surface area contributed by atoms with E-state index in [4.69, 9.17) is 0 Å². The van der Waals surface area contributed by atoms with E-state index in [-0.39, 0.29) is 12.4 Å². The standard InChI is InChI=1S/C12H17N.ClH/c1-9(2)10-5-3-7-12-11(10)6-4-8-13-12;/h3,5,7,9,13H,4,6,8H2,1-2H3;1H. The number of rotatable bonds is 1. The molecule has 1 aromatic rings. The number of benzene rings is 1. The molecule has 0 aromatic heterocycles. The fraction of sp³-hybridized carbons (Fsp3) is 0.500. The molecule has 0 aliphatic carbocycles. The highest BCUT2D eigenvalue weighted by Gasteiger charge is 2.13. The molecule has 0 bridgehead atoms. The van der Waals surface area contributed by atoms with Crippen molar-refractivity contribution in [1.29, 1.82) is 0 Å². The van der Waals surface area contributed by atoms with Crippen molar-refractivity contribution >= 4 is 18.1 Å². The van der Waals surface area contributed by atoms with Crippen molar-refractivity contribution in [3.8, 4) is 0 Å². The van der Waals surface area contributed by atoms with E-state index >= 15 is 0 Å². The molecule has 14 heavy (non-hydrogen) atoms. The molecule has 1 nitrogen and oxygen atoms in total. The van der Waals surface area contributed by atoms with Gasteiger partial charge < -0.3 is 5.32 Å². The third-order valence-corrected chi connectivity index (χ3v) is 2.75. The summed E-state index contributed by atoms with van der Waals surface area (Å²) in [5.41, 5.74) is 4.42. The second kappa shape index (κ2) is 4.70. The van der Waals surface area contributed by atoms with Crippen molar-refractivity contribution in [3.63, 3.8) is 0 Å². The second-order valence-electron chi connectivity index (χ2n) is 4.06. The van der Waals surface area contributed by atoms with E-state index in [1.165, 1.54) is 24.1 Å². The maximum atomic E-state index is 3.46. The van der Waals surface area contributed by atoms with Crippen molar-refractivity contribution in [2.75, 3.05) is 11.9 Å². The van der Waals surface area contributed by atoms with Gasteiger partial charge in [-0.05, 0) is 36.0 Å². The fourth-order valence-electron chi connectivity index (χ4n) is 2.08. The van der Waals surface area contributed by atoms with Gasteiger partial charge in [-0.1, -0.05) is 26.0 Å². The Morgan fingerprint density at radius 1 is 1.29 bits per heavy atom. The Morgan fingerprint density at radius 2 is 2.07 bits per heavy atom. The summed E-state index contributed by atoms with van der Waals surface area (Å²) in [5.74, 6) is 0.648. The van der Waals surface area contributed by atoms with Crippen LogP contribution in [0.25, 0.3) is 0 Å². The van der Waals surface area contributed by atoms with Crippen molar-refractivity contribution in [1.82, 2.24) is 0 Å². The van der Waals surface area contributed by atoms with Gasteiger partial charge in [0.15, 0.2) is 0 Å². The van der Waals surface area contributed by atoms with Crippen LogP contribution in [0.4, 0.5) is 5.69 Å². The van der Waals surface area contributed by atoms with Gasteiger partial charge in [-0.2, -0.15) is 0 Å². The molecule has 0 saturated carbocycles. The number of hydrogen-bond acceptors (Lipinski definition) is 1. The monoisotopic (exact) mass is 211 g/mol. The minimum absolute atomic E-state index is 0. The van der Waals surface area contributed by atoms with Crippen molar-refractivity contribution in [2.45, 2.75) is 32.6 Å². The average molecular weight is 212 g/mol. The first-order chi connectivity index (χ1) is 6.29. The molecule has 0 radical (unpaired) electrons. The average Bonchev–Trinajstić information content (AvgIpc) is 2.17. The topological polar surface area (TPSA) is 12.0 Å². The maximum Gasteiger partial charge on any atom is 0.0375 e. The van der Waals surface area contributed by atoms with Gasteiger partial charge in [-0.15, -0.1) is 12.4 Å². The minimum Gasteiger partial charge on any atom is -0.385 e. The number of nitrogens with one attached hydrogen (secondary N) is 1. The van der Waals surface area contributed by atoms with Gasteiger partial charge in [0.2, 0.25) is 0 Å². The zero-order chi connectivity index (χ0) is 9.26. The quantitative estimate of drug-likeness (QED) is 0.749. The molecule has 1 N–H and O–H groups in total. The maximum absolute atomic E-state index is 3.46. The van der Waals surface area contributed by atoms with Gasteiger partial charge in [-0.25, -0.2) is 0 Å². The molecule has 2 heteroatoms. The summed E-state index contributed by atoms with van der Waals surface area (Å²) in [5, 5.41) is 3.46. The largest absolute Gasteiger partial charge is 0.385 e. The molecule has 0 amide bonds. The van der Waals surface area contributed by atoms with Crippen LogP contribution in [0.15, 0.2) is 18.2 Å². The van der Waals surface area contributed by atoms with Crippen LogP contribution in [-0.4, -0.2) is 6.54 Å². The molecule has 1 aliphatic heterocycles. The van der Waals surface area contributed by atoms with Crippen molar-refractivity contribution in [3.05, 3.63) is 29.3 Å². The molecule has 1 aromatic carbocycles. The Kier molecular flexibility index (Phi) is 3.82. The highest BCUT2D eigenvalue weighted by molar-refractivity contribution is 5.85. The zero-order valence-corrected chi connectivity index (χ0v) is 9.66. The Hall–Kier alpha value is -0.690. The molecule has 1 aliphatic rings. The van der Waals surface area contributed by atoms with E-state index in [9.17, 15) is 0 Å². The van der Waals surface area contributed by atoms with Gasteiger partial charge in [0.25, 0.3) is 0 Å². The van der Waals surface area contributed by atoms with Crippen LogP contribution in [0.1, 0.15) is 37.3 Å². The first kappa shape index (κ1) is 11.4. The number of fused-ring (bicyclic) bond motifs is 1. The van der Waals surface area contributed by atoms with Crippen molar-refractivity contribution in [2.24, 2.45) is 0 Å². The third kappa shape index (κ3) is 2.03. The molecule has 78 valence electrons. The number of anilines is 1. The summed E-state index contributed by atoms with van der Waals surface area (Å²) in [6.45, 7) is 5.67. The number of hydrogen-bond donors (Lipinski definition) is 1. The first-order valence-electron chi connectivity index (χ1n) is 5.14. The Morgan fingerprint density at radius 3 is 2.79 bits per heavy atom. The van der Waals surface area contributed by atoms with Crippen LogP contribution in [0.5, 0.6) is 0 Å². The van der Waals surface area contributed by atoms with Crippen LogP contribution < -0.4 is 5.32 Å². The van der Waals surface area contributed by atoms with Crippen LogP contribution in [0.3, 0.4) is 0 Å². The van der Waals surface area contributed by atoms with Crippen molar-refractivity contribution < 1.29 is 0 Å². The molecule has 0 saturated heterocycles. The van der Waals surface area contributed by atoms with Crippen LogP contribution >= 0.6 is 12.4 Å². The lowest BCUT2D eigenvalue weighted by atomic mass is 9.91. The molecular formula is C12H18ClN. The van der Waals surface area contributed by atoms with Crippen LogP contribution in [0.2, 0.25) is 0 Å². The predicted molar refractivity (Wildman–Crippen MR) is 64.6 cm³/mol. The normalized spacial score (nSPS) is 14.2. The summed E-state index contributed by atoms with van der Waals surface area (Å²) in [6, 6.07) is 6.61. The lowest BCUT2D eigenvalue weighted by molar-refractivity contribution is 0.782. The lowest BCUT2D eigenvalue weighted by Crippen LogP contribution is -2.13. The zero-order valence-electron chi connectivity index (χ0n) is 8.84. The molecule has 1 heterocycles.